The predicted molar refractivity (Wildman–Crippen MR) is 71.5 cm³/mol. The molecule has 3 atom stereocenters. The van der Waals surface area contributed by atoms with E-state index >= 15 is 0 Å². The van der Waals surface area contributed by atoms with Gasteiger partial charge in [0, 0.05) is 6.04 Å². The van der Waals surface area contributed by atoms with Crippen molar-refractivity contribution in [2.45, 2.75) is 39.2 Å². The van der Waals surface area contributed by atoms with Crippen LogP contribution in [0.2, 0.25) is 0 Å². The maximum Gasteiger partial charge on any atom is 0.255 e. The molecule has 19 heavy (non-hydrogen) atoms. The normalized spacial score (nSPS) is 27.0. The fourth-order valence-corrected chi connectivity index (χ4v) is 2.72. The molecule has 2 rings (SSSR count). The van der Waals surface area contributed by atoms with Crippen molar-refractivity contribution in [3.8, 4) is 5.75 Å². The molecule has 4 heteroatoms. The van der Waals surface area contributed by atoms with Gasteiger partial charge in [0.05, 0.1) is 5.56 Å². The van der Waals surface area contributed by atoms with E-state index in [0.717, 1.165) is 25.0 Å². The highest BCUT2D eigenvalue weighted by atomic mass is 19.1. The van der Waals surface area contributed by atoms with Crippen LogP contribution in [0.4, 0.5) is 4.39 Å². The van der Waals surface area contributed by atoms with E-state index in [4.69, 9.17) is 0 Å². The van der Waals surface area contributed by atoms with Gasteiger partial charge in [-0.1, -0.05) is 26.7 Å². The number of hydrogen-bond acceptors (Lipinski definition) is 2. The third-order valence-electron chi connectivity index (χ3n) is 4.23. The van der Waals surface area contributed by atoms with Crippen LogP contribution in [0.25, 0.3) is 0 Å². The largest absolute Gasteiger partial charge is 0.507 e. The van der Waals surface area contributed by atoms with Crippen molar-refractivity contribution in [3.05, 3.63) is 29.6 Å². The first kappa shape index (κ1) is 13.8. The lowest BCUT2D eigenvalue weighted by Crippen LogP contribution is -2.43. The van der Waals surface area contributed by atoms with E-state index in [1.54, 1.807) is 0 Å². The summed E-state index contributed by atoms with van der Waals surface area (Å²) in [4.78, 5) is 12.1. The maximum atomic E-state index is 13.1. The summed E-state index contributed by atoms with van der Waals surface area (Å²) in [6, 6.07) is 3.51. The Morgan fingerprint density at radius 3 is 2.84 bits per heavy atom. The molecule has 0 bridgehead atoms. The van der Waals surface area contributed by atoms with Crippen LogP contribution in [0, 0.1) is 17.7 Å². The lowest BCUT2D eigenvalue weighted by molar-refractivity contribution is 0.0888. The fraction of sp³-hybridized carbons (Fsp3) is 0.533. The lowest BCUT2D eigenvalue weighted by atomic mass is 9.78. The summed E-state index contributed by atoms with van der Waals surface area (Å²) in [5, 5.41) is 12.5. The molecule has 0 aromatic heterocycles. The number of carbonyl (C=O) groups is 1. The predicted octanol–water partition coefficient (Wildman–Crippen LogP) is 3.09. The minimum absolute atomic E-state index is 0.00502. The average Bonchev–Trinajstić information content (AvgIpc) is 2.38. The molecule has 1 saturated carbocycles. The van der Waals surface area contributed by atoms with Gasteiger partial charge in [0.25, 0.3) is 5.91 Å². The fourth-order valence-electron chi connectivity index (χ4n) is 2.72. The van der Waals surface area contributed by atoms with E-state index in [1.807, 2.05) is 0 Å². The summed E-state index contributed by atoms with van der Waals surface area (Å²) >= 11 is 0. The summed E-state index contributed by atoms with van der Waals surface area (Å²) in [5.41, 5.74) is 0.00502. The zero-order chi connectivity index (χ0) is 14.0. The maximum absolute atomic E-state index is 13.1. The molecule has 0 radical (unpaired) electrons. The Morgan fingerprint density at radius 2 is 2.11 bits per heavy atom. The molecular weight excluding hydrogens is 245 g/mol. The smallest absolute Gasteiger partial charge is 0.255 e. The zero-order valence-electron chi connectivity index (χ0n) is 11.3. The first-order chi connectivity index (χ1) is 8.99. The summed E-state index contributed by atoms with van der Waals surface area (Å²) in [6.07, 6.45) is 3.21. The standard InChI is InChI=1S/C15H20FNO2/c1-9-4-3-5-13(10(9)2)17-15(19)12-8-11(16)6-7-14(12)18/h6-10,13,18H,3-5H2,1-2H3,(H,17,19). The minimum atomic E-state index is -0.520. The lowest BCUT2D eigenvalue weighted by Gasteiger charge is -2.34. The second-order valence-electron chi connectivity index (χ2n) is 5.51. The van der Waals surface area contributed by atoms with E-state index in [1.165, 1.54) is 12.5 Å². The summed E-state index contributed by atoms with van der Waals surface area (Å²) in [7, 11) is 0. The molecule has 0 spiro atoms. The quantitative estimate of drug-likeness (QED) is 0.863. The number of hydrogen-bond donors (Lipinski definition) is 2. The number of nitrogens with one attached hydrogen (secondary N) is 1. The molecule has 3 nitrogen and oxygen atoms in total. The van der Waals surface area contributed by atoms with Crippen molar-refractivity contribution < 1.29 is 14.3 Å². The van der Waals surface area contributed by atoms with Crippen LogP contribution in [0.5, 0.6) is 5.75 Å². The van der Waals surface area contributed by atoms with Crippen LogP contribution in [-0.4, -0.2) is 17.1 Å². The van der Waals surface area contributed by atoms with Crippen LogP contribution < -0.4 is 5.32 Å². The van der Waals surface area contributed by atoms with Crippen LogP contribution in [0.3, 0.4) is 0 Å². The number of phenolic OH excluding ortho intramolecular Hbond substituents is 1. The van der Waals surface area contributed by atoms with Gasteiger partial charge in [0.2, 0.25) is 0 Å². The molecule has 1 aromatic rings. The van der Waals surface area contributed by atoms with Gasteiger partial charge in [-0.15, -0.1) is 0 Å². The highest BCUT2D eigenvalue weighted by molar-refractivity contribution is 5.97. The molecule has 0 aliphatic heterocycles. The second-order valence-corrected chi connectivity index (χ2v) is 5.51. The molecule has 1 aromatic carbocycles. The van der Waals surface area contributed by atoms with Crippen molar-refractivity contribution in [2.75, 3.05) is 0 Å². The third kappa shape index (κ3) is 3.06. The van der Waals surface area contributed by atoms with Crippen LogP contribution in [0.1, 0.15) is 43.5 Å². The van der Waals surface area contributed by atoms with Gasteiger partial charge in [-0.3, -0.25) is 4.79 Å². The van der Waals surface area contributed by atoms with Gasteiger partial charge in [0.1, 0.15) is 11.6 Å². The zero-order valence-corrected chi connectivity index (χ0v) is 11.3. The molecule has 1 fully saturated rings. The van der Waals surface area contributed by atoms with E-state index in [0.29, 0.717) is 11.8 Å². The van der Waals surface area contributed by atoms with Gasteiger partial charge in [0.15, 0.2) is 0 Å². The molecule has 2 N–H and O–H groups in total. The molecular formula is C15H20FNO2. The Labute approximate surface area is 112 Å². The Bertz CT molecular complexity index is 475. The van der Waals surface area contributed by atoms with E-state index in [2.05, 4.69) is 19.2 Å². The Hall–Kier alpha value is -1.58. The first-order valence-corrected chi connectivity index (χ1v) is 6.78. The molecule has 0 saturated heterocycles. The van der Waals surface area contributed by atoms with Crippen LogP contribution in [-0.2, 0) is 0 Å². The number of rotatable bonds is 2. The Balaban J connectivity index is 2.10. The number of amides is 1. The van der Waals surface area contributed by atoms with Gasteiger partial charge >= 0.3 is 0 Å². The molecule has 1 amide bonds. The van der Waals surface area contributed by atoms with E-state index < -0.39 is 11.7 Å². The van der Waals surface area contributed by atoms with Crippen LogP contribution >= 0.6 is 0 Å². The SMILES string of the molecule is CC1CCCC(NC(=O)c2cc(F)ccc2O)C1C. The molecule has 104 valence electrons. The third-order valence-corrected chi connectivity index (χ3v) is 4.23. The van der Waals surface area contributed by atoms with Crippen molar-refractivity contribution >= 4 is 5.91 Å². The highest BCUT2D eigenvalue weighted by Gasteiger charge is 2.28. The average molecular weight is 265 g/mol. The minimum Gasteiger partial charge on any atom is -0.507 e. The van der Waals surface area contributed by atoms with Gasteiger partial charge in [-0.2, -0.15) is 0 Å². The highest BCUT2D eigenvalue weighted by Crippen LogP contribution is 2.30. The van der Waals surface area contributed by atoms with Gasteiger partial charge < -0.3 is 10.4 Å². The first-order valence-electron chi connectivity index (χ1n) is 6.78. The Kier molecular flexibility index (Phi) is 4.08. The summed E-state index contributed by atoms with van der Waals surface area (Å²) < 4.78 is 13.1. The van der Waals surface area contributed by atoms with E-state index in [-0.39, 0.29) is 17.4 Å². The van der Waals surface area contributed by atoms with Gasteiger partial charge in [-0.25, -0.2) is 4.39 Å². The number of halogens is 1. The molecule has 1 aliphatic rings. The summed E-state index contributed by atoms with van der Waals surface area (Å²) in [6.45, 7) is 4.31. The number of carbonyl (C=O) groups excluding carboxylic acids is 1. The molecule has 1 aliphatic carbocycles. The topological polar surface area (TPSA) is 49.3 Å². The van der Waals surface area contributed by atoms with Crippen molar-refractivity contribution in [2.24, 2.45) is 11.8 Å². The van der Waals surface area contributed by atoms with E-state index in [9.17, 15) is 14.3 Å². The van der Waals surface area contributed by atoms with Gasteiger partial charge in [-0.05, 0) is 36.5 Å². The van der Waals surface area contributed by atoms with Crippen molar-refractivity contribution in [3.63, 3.8) is 0 Å². The molecule has 3 unspecified atom stereocenters. The van der Waals surface area contributed by atoms with Crippen molar-refractivity contribution in [1.82, 2.24) is 5.32 Å². The monoisotopic (exact) mass is 265 g/mol. The summed E-state index contributed by atoms with van der Waals surface area (Å²) in [5.74, 6) is -0.139. The van der Waals surface area contributed by atoms with Crippen LogP contribution in [0.15, 0.2) is 18.2 Å². The molecule has 0 heterocycles. The van der Waals surface area contributed by atoms with Crippen molar-refractivity contribution in [1.29, 1.82) is 0 Å². The number of benzene rings is 1. The number of aromatic hydroxyl groups is 1. The second kappa shape index (κ2) is 5.59. The number of phenols is 1. The Morgan fingerprint density at radius 1 is 1.37 bits per heavy atom.